The van der Waals surface area contributed by atoms with Crippen molar-refractivity contribution >= 4 is 29.9 Å². The second-order valence-corrected chi connectivity index (χ2v) is 7.84. The predicted octanol–water partition coefficient (Wildman–Crippen LogP) is 1.88. The number of halogens is 1. The largest absolute Gasteiger partial charge is 0.381 e. The third-order valence-corrected chi connectivity index (χ3v) is 5.65. The lowest BCUT2D eigenvalue weighted by molar-refractivity contribution is 0.139. The summed E-state index contributed by atoms with van der Waals surface area (Å²) < 4.78 is 5.49. The van der Waals surface area contributed by atoms with E-state index in [9.17, 15) is 0 Å². The smallest absolute Gasteiger partial charge is 0.193 e. The summed E-state index contributed by atoms with van der Waals surface area (Å²) in [5, 5.41) is 3.58. The first kappa shape index (κ1) is 19.2. The van der Waals surface area contributed by atoms with Gasteiger partial charge in [-0.2, -0.15) is 0 Å². The Kier molecular flexibility index (Phi) is 6.98. The number of hydrogen-bond acceptors (Lipinski definition) is 3. The summed E-state index contributed by atoms with van der Waals surface area (Å²) in [5.74, 6) is 2.65. The van der Waals surface area contributed by atoms with Gasteiger partial charge in [0.2, 0.25) is 0 Å². The average molecular weight is 436 g/mol. The Morgan fingerprint density at radius 1 is 1.26 bits per heavy atom. The van der Waals surface area contributed by atoms with Gasteiger partial charge in [0.1, 0.15) is 0 Å². The zero-order chi connectivity index (χ0) is 15.6. The fourth-order valence-electron chi connectivity index (χ4n) is 3.71. The minimum Gasteiger partial charge on any atom is -0.381 e. The highest BCUT2D eigenvalue weighted by molar-refractivity contribution is 14.0. The van der Waals surface area contributed by atoms with E-state index in [-0.39, 0.29) is 24.0 Å². The molecule has 2 heterocycles. The van der Waals surface area contributed by atoms with Crippen molar-refractivity contribution in [2.75, 3.05) is 59.5 Å². The maximum Gasteiger partial charge on any atom is 0.193 e. The molecule has 0 aromatic heterocycles. The van der Waals surface area contributed by atoms with E-state index in [1.54, 1.807) is 0 Å². The lowest BCUT2D eigenvalue weighted by Gasteiger charge is -2.37. The molecule has 3 aliphatic rings. The van der Waals surface area contributed by atoms with Gasteiger partial charge in [-0.1, -0.05) is 13.8 Å². The van der Waals surface area contributed by atoms with Crippen molar-refractivity contribution in [3.05, 3.63) is 0 Å². The van der Waals surface area contributed by atoms with E-state index in [1.165, 1.54) is 19.4 Å². The Morgan fingerprint density at radius 2 is 1.96 bits per heavy atom. The molecule has 3 rings (SSSR count). The van der Waals surface area contributed by atoms with Gasteiger partial charge in [-0.05, 0) is 30.1 Å². The quantitative estimate of drug-likeness (QED) is 0.415. The molecule has 1 saturated carbocycles. The molecular weight excluding hydrogens is 403 g/mol. The minimum absolute atomic E-state index is 0. The van der Waals surface area contributed by atoms with E-state index in [0.29, 0.717) is 5.41 Å². The predicted molar refractivity (Wildman–Crippen MR) is 106 cm³/mol. The lowest BCUT2D eigenvalue weighted by atomic mass is 10.1. The van der Waals surface area contributed by atoms with Crippen molar-refractivity contribution < 1.29 is 4.74 Å². The molecule has 6 heteroatoms. The fourth-order valence-corrected chi connectivity index (χ4v) is 3.71. The van der Waals surface area contributed by atoms with Crippen LogP contribution in [0.3, 0.4) is 0 Å². The zero-order valence-electron chi connectivity index (χ0n) is 14.9. The monoisotopic (exact) mass is 436 g/mol. The number of guanidine groups is 1. The number of nitrogens with one attached hydrogen (secondary N) is 1. The molecule has 2 atom stereocenters. The van der Waals surface area contributed by atoms with E-state index >= 15 is 0 Å². The summed E-state index contributed by atoms with van der Waals surface area (Å²) in [5.41, 5.74) is 0.536. The van der Waals surface area contributed by atoms with Crippen molar-refractivity contribution in [1.29, 1.82) is 0 Å². The Bertz CT molecular complexity index is 401. The molecule has 2 saturated heterocycles. The van der Waals surface area contributed by atoms with Gasteiger partial charge in [0.25, 0.3) is 0 Å². The van der Waals surface area contributed by atoms with Gasteiger partial charge in [-0.3, -0.25) is 9.89 Å². The molecule has 0 aromatic rings. The first-order valence-electron chi connectivity index (χ1n) is 8.84. The molecule has 2 aliphatic heterocycles. The van der Waals surface area contributed by atoms with Crippen LogP contribution in [-0.2, 0) is 4.74 Å². The highest BCUT2D eigenvalue weighted by Crippen LogP contribution is 2.50. The van der Waals surface area contributed by atoms with E-state index in [4.69, 9.17) is 4.74 Å². The topological polar surface area (TPSA) is 40.1 Å². The van der Waals surface area contributed by atoms with Gasteiger partial charge in [-0.15, -0.1) is 24.0 Å². The number of hydrogen-bond donors (Lipinski definition) is 1. The van der Waals surface area contributed by atoms with Gasteiger partial charge in [0, 0.05) is 52.9 Å². The molecule has 1 N–H and O–H groups in total. The van der Waals surface area contributed by atoms with E-state index in [1.807, 2.05) is 7.05 Å². The van der Waals surface area contributed by atoms with Gasteiger partial charge < -0.3 is 15.0 Å². The normalized spacial score (nSPS) is 30.9. The van der Waals surface area contributed by atoms with Crippen LogP contribution >= 0.6 is 24.0 Å². The van der Waals surface area contributed by atoms with Gasteiger partial charge in [0.05, 0.1) is 6.61 Å². The molecule has 2 unspecified atom stereocenters. The number of aliphatic imine (C=N–C) groups is 1. The van der Waals surface area contributed by atoms with Crippen molar-refractivity contribution in [1.82, 2.24) is 15.1 Å². The molecule has 134 valence electrons. The second-order valence-electron chi connectivity index (χ2n) is 7.84. The summed E-state index contributed by atoms with van der Waals surface area (Å²) in [7, 11) is 1.91. The van der Waals surface area contributed by atoms with Crippen LogP contribution in [-0.4, -0.2) is 75.3 Å². The third-order valence-electron chi connectivity index (χ3n) is 5.65. The summed E-state index contributed by atoms with van der Waals surface area (Å²) in [6.45, 7) is 13.4. The number of rotatable bonds is 4. The Hall–Kier alpha value is -0.0800. The first-order valence-corrected chi connectivity index (χ1v) is 8.84. The number of nitrogens with zero attached hydrogens (tertiary/aromatic N) is 3. The SMILES string of the molecule is CN=C(NCC1CC1(C)C)N1CCN(CC2CCOC2)CC1.I. The van der Waals surface area contributed by atoms with Crippen LogP contribution in [0.5, 0.6) is 0 Å². The lowest BCUT2D eigenvalue weighted by Crippen LogP contribution is -2.53. The van der Waals surface area contributed by atoms with Crippen molar-refractivity contribution in [3.63, 3.8) is 0 Å². The van der Waals surface area contributed by atoms with Crippen LogP contribution in [0.15, 0.2) is 4.99 Å². The van der Waals surface area contributed by atoms with Crippen LogP contribution in [0.4, 0.5) is 0 Å². The van der Waals surface area contributed by atoms with Crippen LogP contribution in [0.25, 0.3) is 0 Å². The molecule has 0 spiro atoms. The maximum absolute atomic E-state index is 5.49. The minimum atomic E-state index is 0. The Morgan fingerprint density at radius 3 is 2.48 bits per heavy atom. The maximum atomic E-state index is 5.49. The summed E-state index contributed by atoms with van der Waals surface area (Å²) in [6.07, 6.45) is 2.58. The number of piperazine rings is 1. The van der Waals surface area contributed by atoms with Crippen LogP contribution < -0.4 is 5.32 Å². The van der Waals surface area contributed by atoms with Gasteiger partial charge in [-0.25, -0.2) is 0 Å². The molecule has 23 heavy (non-hydrogen) atoms. The number of ether oxygens (including phenoxy) is 1. The van der Waals surface area contributed by atoms with Crippen LogP contribution in [0, 0.1) is 17.3 Å². The van der Waals surface area contributed by atoms with E-state index < -0.39 is 0 Å². The van der Waals surface area contributed by atoms with Gasteiger partial charge >= 0.3 is 0 Å². The molecule has 0 bridgehead atoms. The van der Waals surface area contributed by atoms with Crippen LogP contribution in [0.2, 0.25) is 0 Å². The zero-order valence-corrected chi connectivity index (χ0v) is 17.2. The molecule has 1 aliphatic carbocycles. The molecular formula is C17H33IN4O. The summed E-state index contributed by atoms with van der Waals surface area (Å²) in [6, 6.07) is 0. The second kappa shape index (κ2) is 8.34. The Labute approximate surface area is 158 Å². The molecule has 0 amide bonds. The highest BCUT2D eigenvalue weighted by Gasteiger charge is 2.45. The van der Waals surface area contributed by atoms with Gasteiger partial charge in [0.15, 0.2) is 5.96 Å². The third kappa shape index (κ3) is 5.19. The highest BCUT2D eigenvalue weighted by atomic mass is 127. The first-order chi connectivity index (χ1) is 10.6. The molecule has 0 radical (unpaired) electrons. The molecule has 3 fully saturated rings. The molecule has 0 aromatic carbocycles. The fraction of sp³-hybridized carbons (Fsp3) is 0.941. The standard InChI is InChI=1S/C17H32N4O.HI/c1-17(2)10-15(17)11-19-16(18-3)21-7-5-20(6-8-21)12-14-4-9-22-13-14;/h14-15H,4-13H2,1-3H3,(H,18,19);1H. The van der Waals surface area contributed by atoms with E-state index in [2.05, 4.69) is 34.0 Å². The van der Waals surface area contributed by atoms with Crippen molar-refractivity contribution in [3.8, 4) is 0 Å². The molecule has 5 nitrogen and oxygen atoms in total. The average Bonchev–Trinajstić information content (AvgIpc) is 2.89. The summed E-state index contributed by atoms with van der Waals surface area (Å²) in [4.78, 5) is 9.48. The Balaban J connectivity index is 0.00000192. The van der Waals surface area contributed by atoms with Crippen LogP contribution in [0.1, 0.15) is 26.7 Å². The van der Waals surface area contributed by atoms with E-state index in [0.717, 1.165) is 63.7 Å². The van der Waals surface area contributed by atoms with Crippen molar-refractivity contribution in [2.24, 2.45) is 22.2 Å². The summed E-state index contributed by atoms with van der Waals surface area (Å²) >= 11 is 0. The van der Waals surface area contributed by atoms with Crippen molar-refractivity contribution in [2.45, 2.75) is 26.7 Å².